The van der Waals surface area contributed by atoms with Crippen LogP contribution in [0.3, 0.4) is 0 Å². The zero-order valence-corrected chi connectivity index (χ0v) is 9.68. The van der Waals surface area contributed by atoms with E-state index in [4.69, 9.17) is 34.8 Å². The minimum Gasteiger partial charge on any atom is -0.149 e. The van der Waals surface area contributed by atoms with Crippen molar-refractivity contribution in [2.24, 2.45) is 0 Å². The summed E-state index contributed by atoms with van der Waals surface area (Å²) in [5, 5.41) is 9.05. The lowest BCUT2D eigenvalue weighted by Gasteiger charge is -2.01. The Morgan fingerprint density at radius 1 is 0.800 bits per heavy atom. The number of hydrogen-bond donors (Lipinski definition) is 0. The van der Waals surface area contributed by atoms with E-state index in [9.17, 15) is 0 Å². The van der Waals surface area contributed by atoms with Gasteiger partial charge in [0, 0.05) is 5.56 Å². The molecule has 0 spiro atoms. The number of halogens is 3. The van der Waals surface area contributed by atoms with Crippen molar-refractivity contribution in [3.05, 3.63) is 45.5 Å². The van der Waals surface area contributed by atoms with E-state index in [2.05, 4.69) is 10.2 Å². The largest absolute Gasteiger partial charge is 0.151 e. The summed E-state index contributed by atoms with van der Waals surface area (Å²) in [6.45, 7) is 0. The molecule has 0 saturated carbocycles. The average molecular weight is 260 g/mol. The van der Waals surface area contributed by atoms with Gasteiger partial charge in [0.05, 0.1) is 15.7 Å². The molecule has 1 aromatic heterocycles. The number of rotatable bonds is 1. The fraction of sp³-hybridized carbons (Fsp3) is 0. The van der Waals surface area contributed by atoms with E-state index in [0.29, 0.717) is 20.9 Å². The van der Waals surface area contributed by atoms with Crippen molar-refractivity contribution in [1.29, 1.82) is 0 Å². The van der Waals surface area contributed by atoms with Crippen molar-refractivity contribution in [2.45, 2.75) is 0 Å². The minimum atomic E-state index is 0.360. The smallest absolute Gasteiger partial charge is 0.149 e. The molecule has 5 heteroatoms. The molecule has 76 valence electrons. The van der Waals surface area contributed by atoms with Crippen molar-refractivity contribution in [3.63, 3.8) is 0 Å². The summed E-state index contributed by atoms with van der Waals surface area (Å²) in [5.41, 5.74) is 1.56. The highest BCUT2D eigenvalue weighted by Crippen LogP contribution is 2.27. The Bertz CT molecular complexity index is 483. The van der Waals surface area contributed by atoms with Gasteiger partial charge in [-0.3, -0.25) is 0 Å². The van der Waals surface area contributed by atoms with E-state index >= 15 is 0 Å². The Morgan fingerprint density at radius 3 is 2.20 bits per heavy atom. The molecule has 0 amide bonds. The van der Waals surface area contributed by atoms with Gasteiger partial charge in [-0.25, -0.2) is 0 Å². The maximum atomic E-state index is 5.89. The fourth-order valence-corrected chi connectivity index (χ4v) is 1.52. The molecule has 0 fully saturated rings. The molecule has 0 aliphatic carbocycles. The Balaban J connectivity index is 2.45. The van der Waals surface area contributed by atoms with Gasteiger partial charge >= 0.3 is 0 Å². The van der Waals surface area contributed by atoms with Crippen LogP contribution in [0.5, 0.6) is 0 Å². The highest BCUT2D eigenvalue weighted by atomic mass is 35.5. The van der Waals surface area contributed by atoms with Gasteiger partial charge < -0.3 is 0 Å². The Morgan fingerprint density at radius 2 is 1.60 bits per heavy atom. The van der Waals surface area contributed by atoms with Crippen molar-refractivity contribution >= 4 is 34.8 Å². The molecule has 0 atom stereocenters. The zero-order valence-electron chi connectivity index (χ0n) is 7.42. The van der Waals surface area contributed by atoms with Gasteiger partial charge in [0.25, 0.3) is 0 Å². The van der Waals surface area contributed by atoms with Crippen LogP contribution >= 0.6 is 34.8 Å². The van der Waals surface area contributed by atoms with Crippen molar-refractivity contribution in [3.8, 4) is 11.3 Å². The van der Waals surface area contributed by atoms with E-state index in [1.54, 1.807) is 24.3 Å². The third kappa shape index (κ3) is 2.40. The molecule has 0 aliphatic rings. The zero-order chi connectivity index (χ0) is 10.8. The third-order valence-electron chi connectivity index (χ3n) is 1.85. The molecule has 2 aromatic rings. The molecule has 0 aliphatic heterocycles. The number of nitrogens with zero attached hydrogens (tertiary/aromatic N) is 2. The maximum Gasteiger partial charge on any atom is 0.151 e. The molecule has 2 rings (SSSR count). The second-order valence-corrected chi connectivity index (χ2v) is 4.07. The van der Waals surface area contributed by atoms with E-state index < -0.39 is 0 Å². The van der Waals surface area contributed by atoms with Crippen LogP contribution in [0, 0.1) is 0 Å². The number of aromatic nitrogens is 2. The van der Waals surface area contributed by atoms with Gasteiger partial charge in [0.15, 0.2) is 5.15 Å². The summed E-state index contributed by atoms with van der Waals surface area (Å²) in [5.74, 6) is 0. The van der Waals surface area contributed by atoms with Crippen LogP contribution < -0.4 is 0 Å². The summed E-state index contributed by atoms with van der Waals surface area (Å²) in [6.07, 6.45) is 0. The van der Waals surface area contributed by atoms with E-state index in [1.807, 2.05) is 6.07 Å². The Kier molecular flexibility index (Phi) is 3.10. The molecule has 1 aromatic carbocycles. The summed E-state index contributed by atoms with van der Waals surface area (Å²) in [6, 6.07) is 8.73. The van der Waals surface area contributed by atoms with Crippen molar-refractivity contribution in [1.82, 2.24) is 10.2 Å². The second-order valence-electron chi connectivity index (χ2n) is 2.87. The van der Waals surface area contributed by atoms with E-state index in [1.165, 1.54) is 0 Å². The molecule has 1 heterocycles. The molecular formula is C10H5Cl3N2. The van der Waals surface area contributed by atoms with Gasteiger partial charge in [-0.1, -0.05) is 40.9 Å². The van der Waals surface area contributed by atoms with Gasteiger partial charge in [-0.15, -0.1) is 10.2 Å². The molecule has 0 bridgehead atoms. The van der Waals surface area contributed by atoms with Crippen LogP contribution in [0.25, 0.3) is 11.3 Å². The predicted octanol–water partition coefficient (Wildman–Crippen LogP) is 4.10. The van der Waals surface area contributed by atoms with Crippen LogP contribution in [0.15, 0.2) is 30.3 Å². The molecule has 0 N–H and O–H groups in total. The standard InChI is InChI=1S/C10H5Cl3N2/c11-7-2-1-6(5-8(7)12)9-3-4-10(13)15-14-9/h1-5H. The van der Waals surface area contributed by atoms with Crippen LogP contribution in [-0.4, -0.2) is 10.2 Å². The van der Waals surface area contributed by atoms with Crippen LogP contribution in [-0.2, 0) is 0 Å². The highest BCUT2D eigenvalue weighted by Gasteiger charge is 2.03. The van der Waals surface area contributed by atoms with Crippen LogP contribution in [0.1, 0.15) is 0 Å². The molecule has 15 heavy (non-hydrogen) atoms. The maximum absolute atomic E-state index is 5.89. The third-order valence-corrected chi connectivity index (χ3v) is 2.79. The topological polar surface area (TPSA) is 25.8 Å². The van der Waals surface area contributed by atoms with Gasteiger partial charge in [-0.2, -0.15) is 0 Å². The molecule has 0 radical (unpaired) electrons. The van der Waals surface area contributed by atoms with Gasteiger partial charge in [-0.05, 0) is 24.3 Å². The summed E-state index contributed by atoms with van der Waals surface area (Å²) in [7, 11) is 0. The minimum absolute atomic E-state index is 0.360. The van der Waals surface area contributed by atoms with E-state index in [-0.39, 0.29) is 0 Å². The van der Waals surface area contributed by atoms with Gasteiger partial charge in [0.2, 0.25) is 0 Å². The summed E-state index contributed by atoms with van der Waals surface area (Å²) >= 11 is 17.3. The molecular weight excluding hydrogens is 254 g/mol. The van der Waals surface area contributed by atoms with Crippen LogP contribution in [0.4, 0.5) is 0 Å². The first-order valence-electron chi connectivity index (χ1n) is 4.11. The second kappa shape index (κ2) is 4.35. The Labute approximate surface area is 102 Å². The van der Waals surface area contributed by atoms with Crippen molar-refractivity contribution in [2.75, 3.05) is 0 Å². The molecule has 2 nitrogen and oxygen atoms in total. The fourth-order valence-electron chi connectivity index (χ4n) is 1.13. The first-order chi connectivity index (χ1) is 7.16. The SMILES string of the molecule is Clc1ccc(-c2ccc(Cl)c(Cl)c2)nn1. The van der Waals surface area contributed by atoms with Crippen molar-refractivity contribution < 1.29 is 0 Å². The number of hydrogen-bond acceptors (Lipinski definition) is 2. The lowest BCUT2D eigenvalue weighted by Crippen LogP contribution is -1.87. The first kappa shape index (κ1) is 10.7. The lowest BCUT2D eigenvalue weighted by atomic mass is 10.1. The predicted molar refractivity (Wildman–Crippen MR) is 62.5 cm³/mol. The normalized spacial score (nSPS) is 10.3. The molecule has 0 unspecified atom stereocenters. The van der Waals surface area contributed by atoms with Gasteiger partial charge in [0.1, 0.15) is 0 Å². The molecule has 0 saturated heterocycles. The monoisotopic (exact) mass is 258 g/mol. The highest BCUT2D eigenvalue weighted by molar-refractivity contribution is 6.42. The van der Waals surface area contributed by atoms with E-state index in [0.717, 1.165) is 5.56 Å². The lowest BCUT2D eigenvalue weighted by molar-refractivity contribution is 1.04. The number of benzene rings is 1. The Hall–Kier alpha value is -0.830. The average Bonchev–Trinajstić information content (AvgIpc) is 2.23. The summed E-state index contributed by atoms with van der Waals surface area (Å²) < 4.78 is 0. The van der Waals surface area contributed by atoms with Crippen LogP contribution in [0.2, 0.25) is 15.2 Å². The first-order valence-corrected chi connectivity index (χ1v) is 5.25. The summed E-state index contributed by atoms with van der Waals surface area (Å²) in [4.78, 5) is 0. The quantitative estimate of drug-likeness (QED) is 0.770.